The van der Waals surface area contributed by atoms with Crippen molar-refractivity contribution in [2.24, 2.45) is 11.7 Å². The third-order valence-electron chi connectivity index (χ3n) is 2.68. The molecule has 0 radical (unpaired) electrons. The lowest BCUT2D eigenvalue weighted by molar-refractivity contribution is 0.399. The van der Waals surface area contributed by atoms with Crippen LogP contribution in [0.2, 0.25) is 0 Å². The highest BCUT2D eigenvalue weighted by Crippen LogP contribution is 2.25. The molecule has 1 rings (SSSR count). The molecule has 0 saturated heterocycles. The Morgan fingerprint density at radius 3 is 2.18 bits per heavy atom. The van der Waals surface area contributed by atoms with Gasteiger partial charge in [0.15, 0.2) is 0 Å². The molecule has 0 amide bonds. The van der Waals surface area contributed by atoms with Crippen LogP contribution in [0.25, 0.3) is 0 Å². The van der Waals surface area contributed by atoms with Gasteiger partial charge in [0.2, 0.25) is 0 Å². The van der Waals surface area contributed by atoms with Gasteiger partial charge in [0.05, 0.1) is 0 Å². The van der Waals surface area contributed by atoms with Crippen LogP contribution in [-0.2, 0) is 0 Å². The highest BCUT2D eigenvalue weighted by Gasteiger charge is 2.12. The van der Waals surface area contributed by atoms with E-state index >= 15 is 0 Å². The first-order valence-electron chi connectivity index (χ1n) is 5.04. The minimum Gasteiger partial charge on any atom is -0.328 e. The van der Waals surface area contributed by atoms with Gasteiger partial charge in [-0.1, -0.05) is 38.5 Å². The minimum absolute atomic E-state index is 0.415. The quantitative estimate of drug-likeness (QED) is 0.610. The van der Waals surface area contributed by atoms with Gasteiger partial charge in [0.1, 0.15) is 0 Å². The molecule has 0 spiro atoms. The fourth-order valence-electron chi connectivity index (χ4n) is 2.13. The number of hydrogen-bond acceptors (Lipinski definition) is 1. The zero-order chi connectivity index (χ0) is 8.10. The highest BCUT2D eigenvalue weighted by atomic mass is 14.6. The SMILES string of the molecule is C[C@@H](N)CC1CCCCCC1. The summed E-state index contributed by atoms with van der Waals surface area (Å²) in [5.74, 6) is 0.942. The number of hydrogen-bond donors (Lipinski definition) is 1. The van der Waals surface area contributed by atoms with Crippen LogP contribution in [0.4, 0.5) is 0 Å². The molecule has 1 atom stereocenters. The lowest BCUT2D eigenvalue weighted by Crippen LogP contribution is -2.19. The summed E-state index contributed by atoms with van der Waals surface area (Å²) in [5.41, 5.74) is 5.77. The lowest BCUT2D eigenvalue weighted by atomic mass is 9.94. The van der Waals surface area contributed by atoms with E-state index in [0.717, 1.165) is 5.92 Å². The molecule has 0 unspecified atom stereocenters. The van der Waals surface area contributed by atoms with Crippen LogP contribution >= 0.6 is 0 Å². The molecule has 66 valence electrons. The Balaban J connectivity index is 2.20. The summed E-state index contributed by atoms with van der Waals surface area (Å²) in [6.45, 7) is 2.13. The third-order valence-corrected chi connectivity index (χ3v) is 2.68. The van der Waals surface area contributed by atoms with Gasteiger partial charge in [-0.3, -0.25) is 0 Å². The van der Waals surface area contributed by atoms with E-state index in [4.69, 9.17) is 5.73 Å². The van der Waals surface area contributed by atoms with Crippen molar-refractivity contribution in [1.29, 1.82) is 0 Å². The average Bonchev–Trinajstić information content (AvgIpc) is 2.14. The van der Waals surface area contributed by atoms with E-state index in [0.29, 0.717) is 6.04 Å². The Kier molecular flexibility index (Phi) is 3.92. The van der Waals surface area contributed by atoms with Crippen molar-refractivity contribution in [3.8, 4) is 0 Å². The summed E-state index contributed by atoms with van der Waals surface area (Å²) in [6, 6.07) is 0.415. The van der Waals surface area contributed by atoms with E-state index < -0.39 is 0 Å². The lowest BCUT2D eigenvalue weighted by Gasteiger charge is -2.15. The zero-order valence-electron chi connectivity index (χ0n) is 7.68. The molecule has 2 N–H and O–H groups in total. The van der Waals surface area contributed by atoms with Crippen molar-refractivity contribution in [3.05, 3.63) is 0 Å². The Bertz CT molecular complexity index is 91.0. The molecule has 1 heteroatoms. The van der Waals surface area contributed by atoms with Gasteiger partial charge in [-0.05, 0) is 19.3 Å². The predicted octanol–water partition coefficient (Wildman–Crippen LogP) is 2.69. The number of rotatable bonds is 2. The molecular weight excluding hydrogens is 134 g/mol. The van der Waals surface area contributed by atoms with Crippen LogP contribution in [0.5, 0.6) is 0 Å². The molecule has 1 aliphatic rings. The predicted molar refractivity (Wildman–Crippen MR) is 49.5 cm³/mol. The first-order valence-corrected chi connectivity index (χ1v) is 5.04. The van der Waals surface area contributed by atoms with E-state index in [1.165, 1.54) is 44.9 Å². The van der Waals surface area contributed by atoms with E-state index in [9.17, 15) is 0 Å². The Morgan fingerprint density at radius 1 is 1.18 bits per heavy atom. The van der Waals surface area contributed by atoms with Crippen LogP contribution < -0.4 is 5.73 Å². The van der Waals surface area contributed by atoms with Gasteiger partial charge < -0.3 is 5.73 Å². The highest BCUT2D eigenvalue weighted by molar-refractivity contribution is 4.68. The van der Waals surface area contributed by atoms with Crippen LogP contribution in [-0.4, -0.2) is 6.04 Å². The topological polar surface area (TPSA) is 26.0 Å². The summed E-state index contributed by atoms with van der Waals surface area (Å²) < 4.78 is 0. The second-order valence-corrected chi connectivity index (χ2v) is 4.07. The first kappa shape index (κ1) is 9.05. The van der Waals surface area contributed by atoms with Gasteiger partial charge >= 0.3 is 0 Å². The summed E-state index contributed by atoms with van der Waals surface area (Å²) in [6.07, 6.45) is 9.91. The minimum atomic E-state index is 0.415. The zero-order valence-corrected chi connectivity index (χ0v) is 7.68. The van der Waals surface area contributed by atoms with Crippen LogP contribution in [0.3, 0.4) is 0 Å². The fraction of sp³-hybridized carbons (Fsp3) is 1.00. The van der Waals surface area contributed by atoms with Gasteiger partial charge in [-0.25, -0.2) is 0 Å². The van der Waals surface area contributed by atoms with Crippen molar-refractivity contribution >= 4 is 0 Å². The summed E-state index contributed by atoms with van der Waals surface area (Å²) in [4.78, 5) is 0. The van der Waals surface area contributed by atoms with E-state index in [1.807, 2.05) is 0 Å². The van der Waals surface area contributed by atoms with Crippen molar-refractivity contribution in [1.82, 2.24) is 0 Å². The summed E-state index contributed by atoms with van der Waals surface area (Å²) in [7, 11) is 0. The first-order chi connectivity index (χ1) is 5.29. The smallest absolute Gasteiger partial charge is 0.00131 e. The molecule has 11 heavy (non-hydrogen) atoms. The van der Waals surface area contributed by atoms with Crippen molar-refractivity contribution < 1.29 is 0 Å². The van der Waals surface area contributed by atoms with Gasteiger partial charge in [0.25, 0.3) is 0 Å². The molecule has 0 heterocycles. The standard InChI is InChI=1S/C10H21N/c1-9(11)8-10-6-4-2-3-5-7-10/h9-10H,2-8,11H2,1H3/t9-/m1/s1. The molecule has 1 nitrogen and oxygen atoms in total. The van der Waals surface area contributed by atoms with Gasteiger partial charge in [-0.15, -0.1) is 0 Å². The van der Waals surface area contributed by atoms with Crippen molar-refractivity contribution in [2.75, 3.05) is 0 Å². The molecule has 0 aromatic rings. The molecule has 1 aliphatic carbocycles. The largest absolute Gasteiger partial charge is 0.328 e. The van der Waals surface area contributed by atoms with Crippen LogP contribution in [0.1, 0.15) is 51.9 Å². The molecule has 1 fully saturated rings. The second-order valence-electron chi connectivity index (χ2n) is 4.07. The van der Waals surface area contributed by atoms with Crippen molar-refractivity contribution in [2.45, 2.75) is 57.9 Å². The Labute approximate surface area is 70.4 Å². The van der Waals surface area contributed by atoms with E-state index in [1.54, 1.807) is 0 Å². The van der Waals surface area contributed by atoms with Gasteiger partial charge in [0, 0.05) is 6.04 Å². The maximum absolute atomic E-state index is 5.77. The third kappa shape index (κ3) is 3.76. The molecular formula is C10H21N. The molecule has 1 saturated carbocycles. The maximum atomic E-state index is 5.77. The second kappa shape index (κ2) is 4.76. The molecule has 0 aliphatic heterocycles. The maximum Gasteiger partial charge on any atom is 0.00131 e. The van der Waals surface area contributed by atoms with E-state index in [2.05, 4.69) is 6.92 Å². The van der Waals surface area contributed by atoms with E-state index in [-0.39, 0.29) is 0 Å². The molecule has 0 bridgehead atoms. The van der Waals surface area contributed by atoms with Gasteiger partial charge in [-0.2, -0.15) is 0 Å². The monoisotopic (exact) mass is 155 g/mol. The molecule has 0 aromatic carbocycles. The van der Waals surface area contributed by atoms with Crippen LogP contribution in [0.15, 0.2) is 0 Å². The normalized spacial score (nSPS) is 24.5. The fourth-order valence-corrected chi connectivity index (χ4v) is 2.13. The van der Waals surface area contributed by atoms with Crippen LogP contribution in [0, 0.1) is 5.92 Å². The Morgan fingerprint density at radius 2 is 1.73 bits per heavy atom. The number of nitrogens with two attached hydrogens (primary N) is 1. The summed E-state index contributed by atoms with van der Waals surface area (Å²) in [5, 5.41) is 0. The Hall–Kier alpha value is -0.0400. The summed E-state index contributed by atoms with van der Waals surface area (Å²) >= 11 is 0. The average molecular weight is 155 g/mol. The van der Waals surface area contributed by atoms with Crippen molar-refractivity contribution in [3.63, 3.8) is 0 Å². The molecule has 0 aromatic heterocycles.